The third-order valence-corrected chi connectivity index (χ3v) is 3.67. The molecule has 0 atom stereocenters. The molecule has 0 aliphatic heterocycles. The normalized spacial score (nSPS) is 11.4. The highest BCUT2D eigenvalue weighted by Gasteiger charge is 2.11. The van der Waals surface area contributed by atoms with Gasteiger partial charge in [-0.05, 0) is 54.1 Å². The molecule has 4 heteroatoms. The highest BCUT2D eigenvalue weighted by Crippen LogP contribution is 2.35. The summed E-state index contributed by atoms with van der Waals surface area (Å²) >= 11 is 3.62. The van der Waals surface area contributed by atoms with Crippen molar-refractivity contribution >= 4 is 26.8 Å². The fraction of sp³-hybridized carbons (Fsp3) is 0.385. The fourth-order valence-electron chi connectivity index (χ4n) is 1.93. The van der Waals surface area contributed by atoms with Crippen LogP contribution in [0.15, 0.2) is 22.8 Å². The summed E-state index contributed by atoms with van der Waals surface area (Å²) in [6.07, 6.45) is 3.11. The second-order valence-electron chi connectivity index (χ2n) is 4.37. The Hall–Kier alpha value is -1.00. The number of hydrogen-bond donors (Lipinski definition) is 1. The molecule has 1 heterocycles. The van der Waals surface area contributed by atoms with Crippen LogP contribution in [-0.4, -0.2) is 37.6 Å². The maximum Gasteiger partial charge on any atom is 0.133 e. The number of nitrogens with zero attached hydrogens (tertiary/aromatic N) is 1. The lowest BCUT2D eigenvalue weighted by Crippen LogP contribution is -2.14. The summed E-state index contributed by atoms with van der Waals surface area (Å²) in [7, 11) is 5.87. The molecule has 0 aliphatic carbocycles. The predicted octanol–water partition coefficient (Wildman–Crippen LogP) is 3.04. The average molecular weight is 297 g/mol. The molecule has 17 heavy (non-hydrogen) atoms. The van der Waals surface area contributed by atoms with E-state index in [1.807, 2.05) is 6.07 Å². The Morgan fingerprint density at radius 3 is 2.76 bits per heavy atom. The predicted molar refractivity (Wildman–Crippen MR) is 74.8 cm³/mol. The van der Waals surface area contributed by atoms with E-state index in [0.29, 0.717) is 0 Å². The Bertz CT molecular complexity index is 519. The lowest BCUT2D eigenvalue weighted by molar-refractivity contribution is 0.412. The van der Waals surface area contributed by atoms with E-state index in [-0.39, 0.29) is 0 Å². The van der Waals surface area contributed by atoms with E-state index in [0.717, 1.165) is 28.7 Å². The number of H-pyrrole nitrogens is 1. The van der Waals surface area contributed by atoms with Crippen LogP contribution in [0.3, 0.4) is 0 Å². The number of hydrogen-bond acceptors (Lipinski definition) is 2. The Labute approximate surface area is 110 Å². The maximum absolute atomic E-state index is 5.33. The van der Waals surface area contributed by atoms with Gasteiger partial charge in [0.2, 0.25) is 0 Å². The van der Waals surface area contributed by atoms with Gasteiger partial charge in [-0.3, -0.25) is 0 Å². The molecule has 1 aromatic heterocycles. The quantitative estimate of drug-likeness (QED) is 0.939. The number of nitrogens with one attached hydrogen (secondary N) is 1. The summed E-state index contributed by atoms with van der Waals surface area (Å²) in [5, 5.41) is 1.23. The average Bonchev–Trinajstić information content (AvgIpc) is 2.71. The van der Waals surface area contributed by atoms with Crippen LogP contribution < -0.4 is 4.74 Å². The first-order chi connectivity index (χ1) is 8.13. The van der Waals surface area contributed by atoms with E-state index >= 15 is 0 Å². The second kappa shape index (κ2) is 5.10. The van der Waals surface area contributed by atoms with Gasteiger partial charge in [0.05, 0.1) is 11.6 Å². The zero-order valence-electron chi connectivity index (χ0n) is 10.4. The molecule has 2 rings (SSSR count). The van der Waals surface area contributed by atoms with E-state index in [4.69, 9.17) is 4.74 Å². The first kappa shape index (κ1) is 12.5. The van der Waals surface area contributed by atoms with E-state index < -0.39 is 0 Å². The number of ether oxygens (including phenoxy) is 1. The number of halogens is 1. The van der Waals surface area contributed by atoms with E-state index in [1.54, 1.807) is 7.11 Å². The largest absolute Gasteiger partial charge is 0.496 e. The van der Waals surface area contributed by atoms with Gasteiger partial charge in [0.15, 0.2) is 0 Å². The fourth-order valence-corrected chi connectivity index (χ4v) is 2.69. The first-order valence-corrected chi connectivity index (χ1v) is 6.40. The van der Waals surface area contributed by atoms with Crippen LogP contribution in [-0.2, 0) is 6.42 Å². The Morgan fingerprint density at radius 2 is 2.12 bits per heavy atom. The Morgan fingerprint density at radius 1 is 1.35 bits per heavy atom. The third kappa shape index (κ3) is 2.48. The van der Waals surface area contributed by atoms with Gasteiger partial charge >= 0.3 is 0 Å². The maximum atomic E-state index is 5.33. The van der Waals surface area contributed by atoms with Crippen molar-refractivity contribution in [1.82, 2.24) is 9.88 Å². The Kier molecular flexibility index (Phi) is 3.74. The number of fused-ring (bicyclic) bond motifs is 1. The van der Waals surface area contributed by atoms with Crippen molar-refractivity contribution in [3.63, 3.8) is 0 Å². The van der Waals surface area contributed by atoms with Crippen LogP contribution >= 0.6 is 15.9 Å². The third-order valence-electron chi connectivity index (χ3n) is 2.88. The molecule has 1 N–H and O–H groups in total. The highest BCUT2D eigenvalue weighted by molar-refractivity contribution is 9.10. The minimum absolute atomic E-state index is 0.878. The van der Waals surface area contributed by atoms with E-state index in [2.05, 4.69) is 52.2 Å². The number of likely N-dealkylation sites (N-methyl/N-ethyl adjacent to an activating group) is 1. The van der Waals surface area contributed by atoms with Crippen molar-refractivity contribution in [2.75, 3.05) is 27.7 Å². The van der Waals surface area contributed by atoms with Crippen molar-refractivity contribution in [1.29, 1.82) is 0 Å². The van der Waals surface area contributed by atoms with Crippen LogP contribution in [0.4, 0.5) is 0 Å². The molecule has 0 saturated carbocycles. The van der Waals surface area contributed by atoms with Gasteiger partial charge in [-0.2, -0.15) is 0 Å². The monoisotopic (exact) mass is 296 g/mol. The lowest BCUT2D eigenvalue weighted by Gasteiger charge is -2.09. The van der Waals surface area contributed by atoms with Gasteiger partial charge in [0.1, 0.15) is 5.75 Å². The standard InChI is InChI=1S/C13H17BrN2O/c1-16(2)7-6-9-8-15-10-4-5-11(17-3)13(14)12(9)10/h4-5,8,15H,6-7H2,1-3H3. The molecule has 0 amide bonds. The zero-order chi connectivity index (χ0) is 12.4. The zero-order valence-corrected chi connectivity index (χ0v) is 12.0. The molecule has 1 aromatic carbocycles. The topological polar surface area (TPSA) is 28.3 Å². The summed E-state index contributed by atoms with van der Waals surface area (Å²) in [5.41, 5.74) is 2.46. The van der Waals surface area contributed by atoms with E-state index in [9.17, 15) is 0 Å². The molecule has 0 radical (unpaired) electrons. The minimum Gasteiger partial charge on any atom is -0.496 e. The molecule has 2 aromatic rings. The summed E-state index contributed by atoms with van der Waals surface area (Å²) in [4.78, 5) is 5.49. The summed E-state index contributed by atoms with van der Waals surface area (Å²) in [6.45, 7) is 1.04. The van der Waals surface area contributed by atoms with Gasteiger partial charge in [0, 0.05) is 23.6 Å². The summed E-state index contributed by atoms with van der Waals surface area (Å²) < 4.78 is 6.37. The van der Waals surface area contributed by atoms with Crippen molar-refractivity contribution in [3.05, 3.63) is 28.4 Å². The van der Waals surface area contributed by atoms with Gasteiger partial charge in [-0.25, -0.2) is 0 Å². The van der Waals surface area contributed by atoms with Crippen LogP contribution in [0.2, 0.25) is 0 Å². The molecule has 0 fully saturated rings. The smallest absolute Gasteiger partial charge is 0.133 e. The molecule has 0 unspecified atom stereocenters. The summed E-state index contributed by atoms with van der Waals surface area (Å²) in [6, 6.07) is 4.02. The van der Waals surface area contributed by atoms with Crippen molar-refractivity contribution < 1.29 is 4.74 Å². The molecule has 3 nitrogen and oxygen atoms in total. The SMILES string of the molecule is COc1ccc2[nH]cc(CCN(C)C)c2c1Br. The van der Waals surface area contributed by atoms with Crippen LogP contribution in [0.1, 0.15) is 5.56 Å². The van der Waals surface area contributed by atoms with Crippen LogP contribution in [0.25, 0.3) is 10.9 Å². The Balaban J connectivity index is 2.43. The number of aromatic amines is 1. The molecular weight excluding hydrogens is 280 g/mol. The van der Waals surface area contributed by atoms with Gasteiger partial charge in [-0.1, -0.05) is 0 Å². The number of aromatic nitrogens is 1. The van der Waals surface area contributed by atoms with Crippen LogP contribution in [0.5, 0.6) is 5.75 Å². The van der Waals surface area contributed by atoms with Crippen LogP contribution in [0, 0.1) is 0 Å². The van der Waals surface area contributed by atoms with Gasteiger partial charge < -0.3 is 14.6 Å². The molecule has 0 saturated heterocycles. The molecule has 92 valence electrons. The van der Waals surface area contributed by atoms with E-state index in [1.165, 1.54) is 10.9 Å². The molecule has 0 bridgehead atoms. The number of methoxy groups -OCH3 is 1. The molecule has 0 spiro atoms. The molecular formula is C13H17BrN2O. The first-order valence-electron chi connectivity index (χ1n) is 5.60. The van der Waals surface area contributed by atoms with Gasteiger partial charge in [0.25, 0.3) is 0 Å². The molecule has 0 aliphatic rings. The van der Waals surface area contributed by atoms with Gasteiger partial charge in [-0.15, -0.1) is 0 Å². The summed E-state index contributed by atoms with van der Waals surface area (Å²) in [5.74, 6) is 0.878. The lowest BCUT2D eigenvalue weighted by atomic mass is 10.1. The minimum atomic E-state index is 0.878. The van der Waals surface area contributed by atoms with Crippen molar-refractivity contribution in [3.8, 4) is 5.75 Å². The number of rotatable bonds is 4. The van der Waals surface area contributed by atoms with Crippen molar-refractivity contribution in [2.24, 2.45) is 0 Å². The van der Waals surface area contributed by atoms with Crippen molar-refractivity contribution in [2.45, 2.75) is 6.42 Å². The highest BCUT2D eigenvalue weighted by atomic mass is 79.9. The number of benzene rings is 1. The second-order valence-corrected chi connectivity index (χ2v) is 5.16.